The number of hydrogen-bond donors (Lipinski definition) is 5. The number of fused-ring (bicyclic) bond motifs is 1. The van der Waals surface area contributed by atoms with Gasteiger partial charge in [-0.25, -0.2) is 4.79 Å². The van der Waals surface area contributed by atoms with Crippen molar-refractivity contribution in [3.63, 3.8) is 0 Å². The molecule has 1 heterocycles. The second-order valence-corrected chi connectivity index (χ2v) is 10.9. The van der Waals surface area contributed by atoms with E-state index in [9.17, 15) is 39.7 Å². The maximum atomic E-state index is 13.7. The van der Waals surface area contributed by atoms with Gasteiger partial charge in [-0.15, -0.1) is 0 Å². The number of hydrogen-bond acceptors (Lipinski definition) is 10. The highest BCUT2D eigenvalue weighted by molar-refractivity contribution is 5.91. The van der Waals surface area contributed by atoms with Crippen LogP contribution in [0.4, 0.5) is 17.1 Å². The second kappa shape index (κ2) is 13.9. The molecule has 1 amide bonds. The lowest BCUT2D eigenvalue weighted by Gasteiger charge is -2.36. The van der Waals surface area contributed by atoms with E-state index in [1.165, 1.54) is 31.2 Å². The maximum Gasteiger partial charge on any atom is 0.333 e. The van der Waals surface area contributed by atoms with Crippen molar-refractivity contribution in [2.45, 2.75) is 37.8 Å². The average Bonchev–Trinajstić information content (AvgIpc) is 3.00. The number of likely N-dealkylation sites (N-methyl/N-ethyl adjacent to an activating group) is 1. The molecular weight excluding hydrogens is 600 g/mol. The molecule has 0 spiro atoms. The molecule has 3 aromatic carbocycles. The minimum absolute atomic E-state index is 0.00720. The van der Waals surface area contributed by atoms with Crippen LogP contribution in [0.3, 0.4) is 0 Å². The summed E-state index contributed by atoms with van der Waals surface area (Å²) in [5.74, 6) is -2.77. The van der Waals surface area contributed by atoms with Crippen molar-refractivity contribution in [1.29, 1.82) is 0 Å². The Kier molecular flexibility index (Phi) is 9.96. The smallest absolute Gasteiger partial charge is 0.333 e. The summed E-state index contributed by atoms with van der Waals surface area (Å²) in [4.78, 5) is 59.9. The van der Waals surface area contributed by atoms with Crippen LogP contribution >= 0.6 is 0 Å². The first kappa shape index (κ1) is 33.1. The molecule has 46 heavy (non-hydrogen) atoms. The van der Waals surface area contributed by atoms with Gasteiger partial charge in [-0.05, 0) is 73.3 Å². The van der Waals surface area contributed by atoms with Crippen LogP contribution < -0.4 is 16.0 Å². The van der Waals surface area contributed by atoms with Gasteiger partial charge in [0.05, 0.1) is 9.85 Å². The number of benzene rings is 3. The van der Waals surface area contributed by atoms with Gasteiger partial charge < -0.3 is 26.2 Å². The summed E-state index contributed by atoms with van der Waals surface area (Å²) in [6, 6.07) is 16.0. The summed E-state index contributed by atoms with van der Waals surface area (Å²) in [6.45, 7) is 1.85. The summed E-state index contributed by atoms with van der Waals surface area (Å²) < 4.78 is 0. The van der Waals surface area contributed by atoms with Crippen LogP contribution in [0.1, 0.15) is 41.6 Å². The number of carbonyl (C=O) groups excluding carboxylic acids is 1. The van der Waals surface area contributed by atoms with Crippen molar-refractivity contribution in [1.82, 2.24) is 10.2 Å². The SMILES string of the molecule is CN1CCc2cc(NC(=C[N+](=O)[O-])Nc3ccc([N+](=O)[O-])cc3)ccc2C1C(=O)NC(C)(C(=O)O)c1ccc(CCC(=O)O)cc1. The standard InChI is InChI=1S/C31H32N6O9/c1-31(30(41)42,21-6-3-19(4-7-21)5-14-27(38)39)34-29(40)28-25-13-10-23(17-20(25)15-16-35(28)2)33-26(18-36(43)44)32-22-8-11-24(12-9-22)37(45)46/h3-4,6-13,17-18,28,32-33H,5,14-16H2,1-2H3,(H,34,40)(H,38,39)(H,41,42). The number of carboxylic acid groups (broad SMARTS) is 2. The number of nitrogens with one attached hydrogen (secondary N) is 3. The molecule has 4 rings (SSSR count). The summed E-state index contributed by atoms with van der Waals surface area (Å²) >= 11 is 0. The molecular formula is C31H32N6O9. The Hall–Kier alpha value is -5.83. The van der Waals surface area contributed by atoms with Crippen LogP contribution in [0.15, 0.2) is 78.8 Å². The Bertz CT molecular complexity index is 1690. The molecule has 240 valence electrons. The minimum atomic E-state index is -1.78. The van der Waals surface area contributed by atoms with Crippen molar-refractivity contribution < 1.29 is 34.4 Å². The summed E-state index contributed by atoms with van der Waals surface area (Å²) in [7, 11) is 1.75. The average molecular weight is 633 g/mol. The third-order valence-electron chi connectivity index (χ3n) is 7.69. The van der Waals surface area contributed by atoms with Crippen molar-refractivity contribution in [3.05, 3.63) is 121 Å². The van der Waals surface area contributed by atoms with Crippen LogP contribution in [0, 0.1) is 20.2 Å². The molecule has 2 atom stereocenters. The van der Waals surface area contributed by atoms with Gasteiger partial charge in [0.2, 0.25) is 5.91 Å². The largest absolute Gasteiger partial charge is 0.481 e. The zero-order chi connectivity index (χ0) is 33.6. The Morgan fingerprint density at radius 1 is 0.978 bits per heavy atom. The van der Waals surface area contributed by atoms with Gasteiger partial charge in [0.15, 0.2) is 11.4 Å². The van der Waals surface area contributed by atoms with Crippen molar-refractivity contribution in [2.24, 2.45) is 0 Å². The molecule has 0 aromatic heterocycles. The first-order valence-corrected chi connectivity index (χ1v) is 14.1. The molecule has 1 aliphatic heterocycles. The van der Waals surface area contributed by atoms with E-state index in [-0.39, 0.29) is 24.4 Å². The number of amides is 1. The molecule has 1 aliphatic rings. The number of non-ortho nitro benzene ring substituents is 1. The third-order valence-corrected chi connectivity index (χ3v) is 7.69. The third kappa shape index (κ3) is 7.81. The fraction of sp³-hybridized carbons (Fsp3) is 0.258. The fourth-order valence-electron chi connectivity index (χ4n) is 5.17. The van der Waals surface area contributed by atoms with Crippen LogP contribution in [0.2, 0.25) is 0 Å². The van der Waals surface area contributed by atoms with E-state index in [4.69, 9.17) is 5.11 Å². The highest BCUT2D eigenvalue weighted by Crippen LogP contribution is 2.33. The molecule has 3 aromatic rings. The zero-order valence-corrected chi connectivity index (χ0v) is 24.9. The fourth-order valence-corrected chi connectivity index (χ4v) is 5.17. The van der Waals surface area contributed by atoms with E-state index < -0.39 is 39.3 Å². The lowest BCUT2D eigenvalue weighted by Crippen LogP contribution is -2.53. The first-order valence-electron chi connectivity index (χ1n) is 14.1. The number of carbonyl (C=O) groups is 3. The maximum absolute atomic E-state index is 13.7. The molecule has 0 bridgehead atoms. The van der Waals surface area contributed by atoms with Gasteiger partial charge in [-0.3, -0.25) is 34.7 Å². The van der Waals surface area contributed by atoms with E-state index in [0.29, 0.717) is 35.5 Å². The number of nitrogens with zero attached hydrogens (tertiary/aromatic N) is 3. The molecule has 5 N–H and O–H groups in total. The zero-order valence-electron chi connectivity index (χ0n) is 24.9. The van der Waals surface area contributed by atoms with E-state index >= 15 is 0 Å². The van der Waals surface area contributed by atoms with E-state index in [2.05, 4.69) is 16.0 Å². The number of rotatable bonds is 13. The van der Waals surface area contributed by atoms with Crippen LogP contribution in [0.5, 0.6) is 0 Å². The predicted octanol–water partition coefficient (Wildman–Crippen LogP) is 3.86. The van der Waals surface area contributed by atoms with Crippen LogP contribution in [-0.4, -0.2) is 56.4 Å². The van der Waals surface area contributed by atoms with Gasteiger partial charge in [0.25, 0.3) is 11.9 Å². The molecule has 2 unspecified atom stereocenters. The second-order valence-electron chi connectivity index (χ2n) is 10.9. The highest BCUT2D eigenvalue weighted by atomic mass is 16.6. The highest BCUT2D eigenvalue weighted by Gasteiger charge is 2.41. The summed E-state index contributed by atoms with van der Waals surface area (Å²) in [5, 5.41) is 49.8. The molecule has 15 nitrogen and oxygen atoms in total. The van der Waals surface area contributed by atoms with Gasteiger partial charge in [0, 0.05) is 36.5 Å². The summed E-state index contributed by atoms with van der Waals surface area (Å²) in [6.07, 6.45) is 1.47. The lowest BCUT2D eigenvalue weighted by molar-refractivity contribution is -0.403. The molecule has 0 saturated carbocycles. The lowest BCUT2D eigenvalue weighted by atomic mass is 9.88. The van der Waals surface area contributed by atoms with Gasteiger partial charge in [0.1, 0.15) is 6.04 Å². The molecule has 15 heteroatoms. The Morgan fingerprint density at radius 2 is 1.61 bits per heavy atom. The monoisotopic (exact) mass is 632 g/mol. The first-order chi connectivity index (χ1) is 21.8. The van der Waals surface area contributed by atoms with Crippen molar-refractivity contribution >= 4 is 34.9 Å². The number of carboxylic acids is 2. The molecule has 0 radical (unpaired) electrons. The normalized spacial score (nSPS) is 16.0. The van der Waals surface area contributed by atoms with E-state index in [0.717, 1.165) is 17.3 Å². The van der Waals surface area contributed by atoms with Gasteiger partial charge >= 0.3 is 11.9 Å². The topological polar surface area (TPSA) is 217 Å². The summed E-state index contributed by atoms with van der Waals surface area (Å²) in [5.41, 5.74) is 1.38. The van der Waals surface area contributed by atoms with Crippen molar-refractivity contribution in [3.8, 4) is 0 Å². The molecule has 0 saturated heterocycles. The number of aryl methyl sites for hydroxylation is 1. The minimum Gasteiger partial charge on any atom is -0.481 e. The van der Waals surface area contributed by atoms with Crippen LogP contribution in [-0.2, 0) is 32.8 Å². The predicted molar refractivity (Wildman–Crippen MR) is 166 cm³/mol. The van der Waals surface area contributed by atoms with Gasteiger partial charge in [-0.1, -0.05) is 30.3 Å². The van der Waals surface area contributed by atoms with Crippen molar-refractivity contribution in [2.75, 3.05) is 24.2 Å². The van der Waals surface area contributed by atoms with Gasteiger partial charge in [-0.2, -0.15) is 0 Å². The van der Waals surface area contributed by atoms with E-state index in [1.807, 2.05) is 0 Å². The Labute approximate surface area is 262 Å². The van der Waals surface area contributed by atoms with E-state index in [1.54, 1.807) is 54.4 Å². The quantitative estimate of drug-likeness (QED) is 0.134. The number of nitro groups is 2. The van der Waals surface area contributed by atoms with Crippen LogP contribution in [0.25, 0.3) is 0 Å². The number of nitro benzene ring substituents is 1. The Balaban J connectivity index is 1.55. The molecule has 0 aliphatic carbocycles. The Morgan fingerprint density at radius 3 is 2.20 bits per heavy atom. The molecule has 0 fully saturated rings. The number of aliphatic carboxylic acids is 2. The number of anilines is 2.